The van der Waals surface area contributed by atoms with Crippen LogP contribution in [0.1, 0.15) is 23.6 Å². The third-order valence-corrected chi connectivity index (χ3v) is 5.81. The van der Waals surface area contributed by atoms with Crippen LogP contribution in [0.15, 0.2) is 72.4 Å². The molecule has 4 rings (SSSR count). The molecular formula is C26H23N3O5S. The van der Waals surface area contributed by atoms with Gasteiger partial charge < -0.3 is 14.8 Å². The van der Waals surface area contributed by atoms with E-state index in [2.05, 4.69) is 5.32 Å². The Labute approximate surface area is 207 Å². The Morgan fingerprint density at radius 3 is 2.63 bits per heavy atom. The molecule has 8 nitrogen and oxygen atoms in total. The molecule has 3 aromatic carbocycles. The lowest BCUT2D eigenvalue weighted by Crippen LogP contribution is -2.31. The highest BCUT2D eigenvalue weighted by atomic mass is 32.1. The third-order valence-electron chi connectivity index (χ3n) is 5.53. The first kappa shape index (κ1) is 23.9. The Balaban J connectivity index is 1.58. The van der Waals surface area contributed by atoms with Crippen molar-refractivity contribution in [2.75, 3.05) is 12.0 Å². The Bertz CT molecular complexity index is 1340. The van der Waals surface area contributed by atoms with Gasteiger partial charge in [0.05, 0.1) is 23.8 Å². The minimum absolute atomic E-state index is 0.0519. The molecule has 0 unspecified atom stereocenters. The maximum atomic E-state index is 13.2. The zero-order valence-corrected chi connectivity index (χ0v) is 20.0. The number of nitro benzene ring substituents is 1. The molecule has 1 heterocycles. The van der Waals surface area contributed by atoms with Crippen LogP contribution in [0.3, 0.4) is 0 Å². The number of benzene rings is 3. The second kappa shape index (κ2) is 10.4. The maximum Gasteiger partial charge on any atom is 0.281 e. The number of methoxy groups -OCH3 is 1. The van der Waals surface area contributed by atoms with Gasteiger partial charge in [0.1, 0.15) is 23.8 Å². The number of nitrogens with one attached hydrogen (secondary N) is 1. The molecule has 1 amide bonds. The molecule has 35 heavy (non-hydrogen) atoms. The maximum absolute atomic E-state index is 13.2. The second-order valence-corrected chi connectivity index (χ2v) is 8.11. The minimum Gasteiger partial charge on any atom is -0.496 e. The van der Waals surface area contributed by atoms with Crippen LogP contribution >= 0.6 is 12.2 Å². The molecule has 1 saturated heterocycles. The van der Waals surface area contributed by atoms with E-state index < -0.39 is 4.92 Å². The number of non-ortho nitro benzene ring substituents is 1. The number of carbonyl (C=O) groups is 1. The third kappa shape index (κ3) is 5.15. The molecule has 1 aliphatic rings. The van der Waals surface area contributed by atoms with E-state index in [1.165, 1.54) is 17.0 Å². The largest absolute Gasteiger partial charge is 0.496 e. The van der Waals surface area contributed by atoms with Gasteiger partial charge in [0.15, 0.2) is 5.11 Å². The van der Waals surface area contributed by atoms with Crippen LogP contribution < -0.4 is 19.7 Å². The van der Waals surface area contributed by atoms with Gasteiger partial charge in [-0.15, -0.1) is 0 Å². The molecule has 0 aliphatic carbocycles. The molecule has 0 radical (unpaired) electrons. The highest BCUT2D eigenvalue weighted by Crippen LogP contribution is 2.28. The monoisotopic (exact) mass is 489 g/mol. The van der Waals surface area contributed by atoms with Crippen LogP contribution in [0.4, 0.5) is 11.4 Å². The normalized spacial score (nSPS) is 14.2. The fourth-order valence-corrected chi connectivity index (χ4v) is 4.09. The number of anilines is 1. The summed E-state index contributed by atoms with van der Waals surface area (Å²) in [5.74, 6) is 0.728. The molecule has 0 aromatic heterocycles. The lowest BCUT2D eigenvalue weighted by Gasteiger charge is -2.17. The SMILES string of the molecule is CCc1ccccc1N1C(=O)/C(=C\c2ccc(OC)c(COc3cccc([N+](=O)[O-])c3)c2)NC1=S. The Morgan fingerprint density at radius 2 is 1.89 bits per heavy atom. The van der Waals surface area contributed by atoms with Crippen molar-refractivity contribution in [1.29, 1.82) is 0 Å². The molecule has 1 fully saturated rings. The van der Waals surface area contributed by atoms with Crippen molar-refractivity contribution in [1.82, 2.24) is 5.32 Å². The molecule has 0 saturated carbocycles. The van der Waals surface area contributed by atoms with Crippen LogP contribution in [-0.2, 0) is 17.8 Å². The number of carbonyl (C=O) groups excluding carboxylic acids is 1. The zero-order valence-electron chi connectivity index (χ0n) is 19.2. The van der Waals surface area contributed by atoms with Crippen LogP contribution in [0.5, 0.6) is 11.5 Å². The van der Waals surface area contributed by atoms with Crippen LogP contribution in [0.25, 0.3) is 6.08 Å². The Morgan fingerprint density at radius 1 is 1.09 bits per heavy atom. The summed E-state index contributed by atoms with van der Waals surface area (Å²) in [6, 6.07) is 19.1. The van der Waals surface area contributed by atoms with E-state index in [9.17, 15) is 14.9 Å². The van der Waals surface area contributed by atoms with Crippen molar-refractivity contribution in [2.45, 2.75) is 20.0 Å². The molecular weight excluding hydrogens is 466 g/mol. The lowest BCUT2D eigenvalue weighted by molar-refractivity contribution is -0.384. The molecule has 178 valence electrons. The van der Waals surface area contributed by atoms with E-state index in [0.717, 1.165) is 28.8 Å². The lowest BCUT2D eigenvalue weighted by atomic mass is 10.1. The summed E-state index contributed by atoms with van der Waals surface area (Å²) in [7, 11) is 1.55. The minimum atomic E-state index is -0.474. The highest BCUT2D eigenvalue weighted by Gasteiger charge is 2.33. The summed E-state index contributed by atoms with van der Waals surface area (Å²) < 4.78 is 11.2. The predicted octanol–water partition coefficient (Wildman–Crippen LogP) is 5.01. The van der Waals surface area contributed by atoms with Gasteiger partial charge in [-0.05, 0) is 60.1 Å². The summed E-state index contributed by atoms with van der Waals surface area (Å²) in [6.07, 6.45) is 2.49. The number of amides is 1. The van der Waals surface area contributed by atoms with E-state index in [1.54, 1.807) is 31.4 Å². The molecule has 0 bridgehead atoms. The Kier molecular flexibility index (Phi) is 7.07. The molecule has 0 spiro atoms. The summed E-state index contributed by atoms with van der Waals surface area (Å²) >= 11 is 5.46. The fraction of sp³-hybridized carbons (Fsp3) is 0.154. The van der Waals surface area contributed by atoms with Gasteiger partial charge >= 0.3 is 0 Å². The number of hydrogen-bond donors (Lipinski definition) is 1. The van der Waals surface area contributed by atoms with Crippen LogP contribution in [0, 0.1) is 10.1 Å². The topological polar surface area (TPSA) is 93.9 Å². The molecule has 0 atom stereocenters. The van der Waals surface area contributed by atoms with E-state index in [0.29, 0.717) is 22.3 Å². The standard InChI is InChI=1S/C26H23N3O5S/c1-3-18-7-4-5-10-23(18)28-25(30)22(27-26(28)35)14-17-11-12-24(33-2)19(13-17)16-34-21-9-6-8-20(15-21)29(31)32/h4-15H,3,16H2,1-2H3,(H,27,35)/b22-14+. The number of para-hydroxylation sites is 1. The van der Waals surface area contributed by atoms with Crippen molar-refractivity contribution in [2.24, 2.45) is 0 Å². The zero-order chi connectivity index (χ0) is 24.9. The van der Waals surface area contributed by atoms with E-state index in [4.69, 9.17) is 21.7 Å². The molecule has 3 aromatic rings. The fourth-order valence-electron chi connectivity index (χ4n) is 3.80. The number of nitro groups is 1. The molecule has 1 aliphatic heterocycles. The summed E-state index contributed by atoms with van der Waals surface area (Å²) in [6.45, 7) is 2.15. The van der Waals surface area contributed by atoms with Crippen molar-refractivity contribution in [3.63, 3.8) is 0 Å². The predicted molar refractivity (Wildman–Crippen MR) is 137 cm³/mol. The van der Waals surface area contributed by atoms with Gasteiger partial charge in [0.2, 0.25) is 0 Å². The van der Waals surface area contributed by atoms with Crippen molar-refractivity contribution in [3.8, 4) is 11.5 Å². The van der Waals surface area contributed by atoms with E-state index in [1.807, 2.05) is 43.3 Å². The van der Waals surface area contributed by atoms with Crippen molar-refractivity contribution in [3.05, 3.63) is 99.2 Å². The smallest absolute Gasteiger partial charge is 0.281 e. The number of hydrogen-bond acceptors (Lipinski definition) is 6. The quantitative estimate of drug-likeness (QED) is 0.206. The van der Waals surface area contributed by atoms with Gasteiger partial charge in [-0.3, -0.25) is 19.8 Å². The van der Waals surface area contributed by atoms with Gasteiger partial charge in [-0.2, -0.15) is 0 Å². The first-order valence-corrected chi connectivity index (χ1v) is 11.3. The average molecular weight is 490 g/mol. The number of thiocarbonyl (C=S) groups is 1. The second-order valence-electron chi connectivity index (χ2n) is 7.73. The van der Waals surface area contributed by atoms with Gasteiger partial charge in [0.25, 0.3) is 11.6 Å². The van der Waals surface area contributed by atoms with Gasteiger partial charge in [-0.1, -0.05) is 37.3 Å². The van der Waals surface area contributed by atoms with Gasteiger partial charge in [-0.25, -0.2) is 0 Å². The number of rotatable bonds is 8. The van der Waals surface area contributed by atoms with Crippen LogP contribution in [0.2, 0.25) is 0 Å². The average Bonchev–Trinajstić information content (AvgIpc) is 3.15. The Hall–Kier alpha value is -4.24. The molecule has 1 N–H and O–H groups in total. The first-order chi connectivity index (χ1) is 16.9. The number of nitrogens with zero attached hydrogens (tertiary/aromatic N) is 2. The number of aryl methyl sites for hydroxylation is 1. The highest BCUT2D eigenvalue weighted by molar-refractivity contribution is 7.80. The first-order valence-electron chi connectivity index (χ1n) is 10.9. The van der Waals surface area contributed by atoms with E-state index >= 15 is 0 Å². The summed E-state index contributed by atoms with van der Waals surface area (Å²) in [5, 5.41) is 14.4. The van der Waals surface area contributed by atoms with Crippen molar-refractivity contribution < 1.29 is 19.2 Å². The summed E-state index contributed by atoms with van der Waals surface area (Å²) in [5.41, 5.74) is 3.56. The van der Waals surface area contributed by atoms with Crippen molar-refractivity contribution >= 4 is 40.7 Å². The molecule has 9 heteroatoms. The van der Waals surface area contributed by atoms with Crippen LogP contribution in [-0.4, -0.2) is 23.1 Å². The van der Waals surface area contributed by atoms with Gasteiger partial charge in [0, 0.05) is 11.6 Å². The number of ether oxygens (including phenoxy) is 2. The van der Waals surface area contributed by atoms with E-state index in [-0.39, 0.29) is 18.2 Å². The summed E-state index contributed by atoms with van der Waals surface area (Å²) in [4.78, 5) is 25.2.